The number of benzene rings is 1. The van der Waals surface area contributed by atoms with Gasteiger partial charge in [0.15, 0.2) is 0 Å². The Morgan fingerprint density at radius 3 is 2.79 bits per heavy atom. The first kappa shape index (κ1) is 14.1. The summed E-state index contributed by atoms with van der Waals surface area (Å²) in [5.74, 6) is 1.03. The lowest BCUT2D eigenvalue weighted by molar-refractivity contribution is 0.331. The molecule has 0 aromatic heterocycles. The Kier molecular flexibility index (Phi) is 4.31. The molecule has 0 bridgehead atoms. The van der Waals surface area contributed by atoms with Gasteiger partial charge in [-0.2, -0.15) is 0 Å². The van der Waals surface area contributed by atoms with Crippen molar-refractivity contribution in [3.05, 3.63) is 18.2 Å². The number of nitrogens with one attached hydrogen (secondary N) is 1. The Labute approximate surface area is 114 Å². The highest BCUT2D eigenvalue weighted by molar-refractivity contribution is 7.89. The number of rotatable bonds is 7. The lowest BCUT2D eigenvalue weighted by Gasteiger charge is -2.12. The number of sulfonamides is 1. The molecule has 1 saturated carbocycles. The van der Waals surface area contributed by atoms with Crippen LogP contribution in [0.15, 0.2) is 23.1 Å². The maximum absolute atomic E-state index is 12.2. The number of nitrogens with two attached hydrogens (primary N) is 1. The molecule has 0 aliphatic heterocycles. The predicted molar refractivity (Wildman–Crippen MR) is 74.6 cm³/mol. The monoisotopic (exact) mass is 284 g/mol. The molecule has 0 amide bonds. The Morgan fingerprint density at radius 1 is 1.42 bits per heavy atom. The molecule has 19 heavy (non-hydrogen) atoms. The molecule has 1 aromatic carbocycles. The molecular weight excluding hydrogens is 264 g/mol. The molecule has 0 unspecified atom stereocenters. The molecule has 3 N–H and O–H groups in total. The number of anilines is 1. The van der Waals surface area contributed by atoms with Crippen LogP contribution in [0.3, 0.4) is 0 Å². The van der Waals surface area contributed by atoms with Gasteiger partial charge in [0.1, 0.15) is 10.6 Å². The molecule has 0 atom stereocenters. The maximum Gasteiger partial charge on any atom is 0.244 e. The standard InChI is InChI=1S/C13H20N2O3S/c1-2-18-12-6-5-11(14)9-13(12)19(16,17)15-8-7-10-3-4-10/h5-6,9-10,15H,2-4,7-8,14H2,1H3. The van der Waals surface area contributed by atoms with Crippen molar-refractivity contribution < 1.29 is 13.2 Å². The molecule has 106 valence electrons. The molecule has 1 aliphatic rings. The summed E-state index contributed by atoms with van der Waals surface area (Å²) in [4.78, 5) is 0.116. The highest BCUT2D eigenvalue weighted by Crippen LogP contribution is 2.32. The lowest BCUT2D eigenvalue weighted by Crippen LogP contribution is -2.25. The summed E-state index contributed by atoms with van der Waals surface area (Å²) in [5, 5.41) is 0. The quantitative estimate of drug-likeness (QED) is 0.747. The molecular formula is C13H20N2O3S. The summed E-state index contributed by atoms with van der Waals surface area (Å²) in [5.41, 5.74) is 6.07. The van der Waals surface area contributed by atoms with Gasteiger partial charge in [-0.25, -0.2) is 13.1 Å². The summed E-state index contributed by atoms with van der Waals surface area (Å²) < 4.78 is 32.4. The number of ether oxygens (including phenoxy) is 1. The predicted octanol–water partition coefficient (Wildman–Crippen LogP) is 1.75. The summed E-state index contributed by atoms with van der Waals surface area (Å²) in [7, 11) is -3.56. The first-order valence-electron chi connectivity index (χ1n) is 6.55. The van der Waals surface area contributed by atoms with E-state index < -0.39 is 10.0 Å². The molecule has 0 heterocycles. The number of nitrogen functional groups attached to an aromatic ring is 1. The minimum atomic E-state index is -3.56. The van der Waals surface area contributed by atoms with E-state index in [0.29, 0.717) is 30.5 Å². The van der Waals surface area contributed by atoms with Gasteiger partial charge in [-0.1, -0.05) is 12.8 Å². The van der Waals surface area contributed by atoms with Crippen LogP contribution in [0.5, 0.6) is 5.75 Å². The average molecular weight is 284 g/mol. The fourth-order valence-electron chi connectivity index (χ4n) is 1.89. The molecule has 0 saturated heterocycles. The fourth-order valence-corrected chi connectivity index (χ4v) is 3.12. The van der Waals surface area contributed by atoms with Gasteiger partial charge in [0.25, 0.3) is 0 Å². The molecule has 0 radical (unpaired) electrons. The third kappa shape index (κ3) is 3.84. The second-order valence-corrected chi connectivity index (χ2v) is 6.50. The summed E-state index contributed by atoms with van der Waals surface area (Å²) in [6.07, 6.45) is 3.32. The van der Waals surface area contributed by atoms with Crippen LogP contribution < -0.4 is 15.2 Å². The van der Waals surface area contributed by atoms with E-state index in [0.717, 1.165) is 6.42 Å². The van der Waals surface area contributed by atoms with Gasteiger partial charge in [-0.05, 0) is 37.5 Å². The largest absolute Gasteiger partial charge is 0.492 e. The zero-order valence-electron chi connectivity index (χ0n) is 11.1. The van der Waals surface area contributed by atoms with Crippen molar-refractivity contribution in [1.29, 1.82) is 0 Å². The van der Waals surface area contributed by atoms with Crippen molar-refractivity contribution in [2.45, 2.75) is 31.1 Å². The third-order valence-electron chi connectivity index (χ3n) is 3.10. The number of hydrogen-bond acceptors (Lipinski definition) is 4. The Balaban J connectivity index is 2.14. The van der Waals surface area contributed by atoms with Crippen LogP contribution in [-0.2, 0) is 10.0 Å². The first-order chi connectivity index (χ1) is 9.03. The Morgan fingerprint density at radius 2 is 2.16 bits per heavy atom. The highest BCUT2D eigenvalue weighted by atomic mass is 32.2. The van der Waals surface area contributed by atoms with Gasteiger partial charge in [0.05, 0.1) is 6.61 Å². The van der Waals surface area contributed by atoms with E-state index in [1.165, 1.54) is 18.9 Å². The van der Waals surface area contributed by atoms with Crippen LogP contribution in [-0.4, -0.2) is 21.6 Å². The van der Waals surface area contributed by atoms with Crippen LogP contribution in [0.25, 0.3) is 0 Å². The third-order valence-corrected chi connectivity index (χ3v) is 4.58. The average Bonchev–Trinajstić information content (AvgIpc) is 3.15. The van der Waals surface area contributed by atoms with Crippen LogP contribution in [0.1, 0.15) is 26.2 Å². The minimum absolute atomic E-state index is 0.116. The highest BCUT2D eigenvalue weighted by Gasteiger charge is 2.23. The topological polar surface area (TPSA) is 81.4 Å². The van der Waals surface area contributed by atoms with Crippen LogP contribution in [0.4, 0.5) is 5.69 Å². The lowest BCUT2D eigenvalue weighted by atomic mass is 10.3. The van der Waals surface area contributed by atoms with Crippen molar-refractivity contribution in [2.24, 2.45) is 5.92 Å². The minimum Gasteiger partial charge on any atom is -0.492 e. The molecule has 1 aliphatic carbocycles. The van der Waals surface area contributed by atoms with E-state index in [2.05, 4.69) is 4.72 Å². The summed E-state index contributed by atoms with van der Waals surface area (Å²) in [6, 6.07) is 4.66. The van der Waals surface area contributed by atoms with E-state index >= 15 is 0 Å². The molecule has 5 nitrogen and oxygen atoms in total. The molecule has 1 fully saturated rings. The van der Waals surface area contributed by atoms with Gasteiger partial charge in [-0.3, -0.25) is 0 Å². The second kappa shape index (κ2) is 5.79. The first-order valence-corrected chi connectivity index (χ1v) is 8.03. The summed E-state index contributed by atoms with van der Waals surface area (Å²) >= 11 is 0. The Hall–Kier alpha value is -1.27. The van der Waals surface area contributed by atoms with Gasteiger partial charge in [-0.15, -0.1) is 0 Å². The van der Waals surface area contributed by atoms with E-state index in [1.54, 1.807) is 12.1 Å². The van der Waals surface area contributed by atoms with Crippen molar-refractivity contribution in [3.63, 3.8) is 0 Å². The van der Waals surface area contributed by atoms with Crippen molar-refractivity contribution in [1.82, 2.24) is 4.72 Å². The smallest absolute Gasteiger partial charge is 0.244 e. The van der Waals surface area contributed by atoms with E-state index in [4.69, 9.17) is 10.5 Å². The van der Waals surface area contributed by atoms with Gasteiger partial charge >= 0.3 is 0 Å². The number of hydrogen-bond donors (Lipinski definition) is 2. The van der Waals surface area contributed by atoms with Crippen LogP contribution in [0.2, 0.25) is 0 Å². The fraction of sp³-hybridized carbons (Fsp3) is 0.538. The van der Waals surface area contributed by atoms with Crippen LogP contribution >= 0.6 is 0 Å². The van der Waals surface area contributed by atoms with Gasteiger partial charge in [0.2, 0.25) is 10.0 Å². The zero-order valence-corrected chi connectivity index (χ0v) is 11.9. The summed E-state index contributed by atoms with van der Waals surface area (Å²) in [6.45, 7) is 2.69. The van der Waals surface area contributed by atoms with Crippen molar-refractivity contribution >= 4 is 15.7 Å². The van der Waals surface area contributed by atoms with Gasteiger partial charge in [0, 0.05) is 12.2 Å². The van der Waals surface area contributed by atoms with E-state index in [-0.39, 0.29) is 4.90 Å². The second-order valence-electron chi connectivity index (χ2n) is 4.77. The van der Waals surface area contributed by atoms with Crippen molar-refractivity contribution in [3.8, 4) is 5.75 Å². The van der Waals surface area contributed by atoms with Crippen molar-refractivity contribution in [2.75, 3.05) is 18.9 Å². The normalized spacial score (nSPS) is 15.4. The SMILES string of the molecule is CCOc1ccc(N)cc1S(=O)(=O)NCCC1CC1. The van der Waals surface area contributed by atoms with Crippen LogP contribution in [0, 0.1) is 5.92 Å². The Bertz CT molecular complexity index is 539. The molecule has 6 heteroatoms. The maximum atomic E-state index is 12.2. The van der Waals surface area contributed by atoms with Gasteiger partial charge < -0.3 is 10.5 Å². The molecule has 1 aromatic rings. The molecule has 2 rings (SSSR count). The van der Waals surface area contributed by atoms with E-state index in [1.807, 2.05) is 6.92 Å². The van der Waals surface area contributed by atoms with E-state index in [9.17, 15) is 8.42 Å². The molecule has 0 spiro atoms. The zero-order chi connectivity index (χ0) is 13.9.